The van der Waals surface area contributed by atoms with Crippen LogP contribution >= 0.6 is 0 Å². The van der Waals surface area contributed by atoms with Crippen molar-refractivity contribution in [1.29, 1.82) is 0 Å². The molecule has 0 saturated heterocycles. The molecule has 80 valence electrons. The second kappa shape index (κ2) is 4.29. The number of hydrogen-bond donors (Lipinski definition) is 1. The average Bonchev–Trinajstić information content (AvgIpc) is 3.04. The lowest BCUT2D eigenvalue weighted by Gasteiger charge is -2.09. The van der Waals surface area contributed by atoms with Gasteiger partial charge in [0.05, 0.1) is 6.61 Å². The molecule has 0 radical (unpaired) electrons. The molecule has 0 aliphatic heterocycles. The monoisotopic (exact) mass is 206 g/mol. The van der Waals surface area contributed by atoms with Crippen molar-refractivity contribution in [3.05, 3.63) is 18.3 Å². The lowest BCUT2D eigenvalue weighted by molar-refractivity contribution is -0.117. The van der Waals surface area contributed by atoms with Gasteiger partial charge >= 0.3 is 0 Å². The van der Waals surface area contributed by atoms with E-state index in [0.717, 1.165) is 12.8 Å². The van der Waals surface area contributed by atoms with Gasteiger partial charge in [-0.2, -0.15) is 0 Å². The lowest BCUT2D eigenvalue weighted by atomic mass is 10.3. The number of nitrogens with one attached hydrogen (secondary N) is 1. The predicted molar refractivity (Wildman–Crippen MR) is 56.8 cm³/mol. The Hall–Kier alpha value is -1.58. The van der Waals surface area contributed by atoms with Crippen molar-refractivity contribution in [2.75, 3.05) is 11.9 Å². The first-order valence-corrected chi connectivity index (χ1v) is 5.20. The predicted octanol–water partition coefficient (Wildman–Crippen LogP) is 1.83. The molecule has 0 unspecified atom stereocenters. The molecule has 15 heavy (non-hydrogen) atoms. The largest absolute Gasteiger partial charge is 0.476 e. The molecule has 1 N–H and O–H groups in total. The molecule has 1 saturated carbocycles. The van der Waals surface area contributed by atoms with Crippen molar-refractivity contribution in [3.8, 4) is 5.88 Å². The molecule has 1 heterocycles. The summed E-state index contributed by atoms with van der Waals surface area (Å²) in [7, 11) is 0. The molecule has 0 atom stereocenters. The zero-order chi connectivity index (χ0) is 10.7. The van der Waals surface area contributed by atoms with Crippen LogP contribution in [-0.4, -0.2) is 17.5 Å². The Kier molecular flexibility index (Phi) is 2.85. The van der Waals surface area contributed by atoms with Crippen LogP contribution in [0.5, 0.6) is 5.88 Å². The molecular formula is C11H14N2O2. The van der Waals surface area contributed by atoms with Crippen LogP contribution in [0.4, 0.5) is 5.69 Å². The Bertz CT molecular complexity index is 361. The van der Waals surface area contributed by atoms with Crippen molar-refractivity contribution in [2.24, 2.45) is 5.92 Å². The molecule has 0 spiro atoms. The van der Waals surface area contributed by atoms with Gasteiger partial charge in [0.1, 0.15) is 5.69 Å². The van der Waals surface area contributed by atoms with Crippen LogP contribution < -0.4 is 10.1 Å². The number of rotatable bonds is 4. The fourth-order valence-electron chi connectivity index (χ4n) is 1.32. The fourth-order valence-corrected chi connectivity index (χ4v) is 1.32. The number of anilines is 1. The SMILES string of the molecule is CCOc1ncccc1NC(=O)C1CC1. The molecule has 1 aliphatic rings. The third-order valence-corrected chi connectivity index (χ3v) is 2.26. The van der Waals surface area contributed by atoms with Crippen LogP contribution in [0, 0.1) is 5.92 Å². The molecule has 4 heteroatoms. The maximum absolute atomic E-state index is 11.5. The summed E-state index contributed by atoms with van der Waals surface area (Å²) in [5.41, 5.74) is 0.663. The number of amides is 1. The minimum Gasteiger partial charge on any atom is -0.476 e. The third kappa shape index (κ3) is 2.46. The number of aromatic nitrogens is 1. The van der Waals surface area contributed by atoms with Crippen molar-refractivity contribution >= 4 is 11.6 Å². The second-order valence-electron chi connectivity index (χ2n) is 3.55. The molecule has 0 bridgehead atoms. The summed E-state index contributed by atoms with van der Waals surface area (Å²) in [5, 5.41) is 2.83. The normalized spacial score (nSPS) is 14.7. The van der Waals surface area contributed by atoms with E-state index in [1.807, 2.05) is 6.92 Å². The van der Waals surface area contributed by atoms with Gasteiger partial charge in [-0.05, 0) is 31.9 Å². The van der Waals surface area contributed by atoms with Gasteiger partial charge in [-0.25, -0.2) is 4.98 Å². The highest BCUT2D eigenvalue weighted by Gasteiger charge is 2.30. The molecule has 2 rings (SSSR count). The molecule has 1 fully saturated rings. The lowest BCUT2D eigenvalue weighted by Crippen LogP contribution is -2.14. The third-order valence-electron chi connectivity index (χ3n) is 2.26. The highest BCUT2D eigenvalue weighted by molar-refractivity contribution is 5.94. The second-order valence-corrected chi connectivity index (χ2v) is 3.55. The number of nitrogens with zero attached hydrogens (tertiary/aromatic N) is 1. The zero-order valence-electron chi connectivity index (χ0n) is 8.69. The van der Waals surface area contributed by atoms with Gasteiger partial charge in [0.2, 0.25) is 11.8 Å². The number of carbonyl (C=O) groups excluding carboxylic acids is 1. The topological polar surface area (TPSA) is 51.2 Å². The van der Waals surface area contributed by atoms with Crippen LogP contribution in [-0.2, 0) is 4.79 Å². The van der Waals surface area contributed by atoms with E-state index in [1.165, 1.54) is 0 Å². The van der Waals surface area contributed by atoms with Crippen molar-refractivity contribution in [1.82, 2.24) is 4.98 Å². The van der Waals surface area contributed by atoms with Gasteiger partial charge in [0, 0.05) is 12.1 Å². The Morgan fingerprint density at radius 3 is 3.13 bits per heavy atom. The van der Waals surface area contributed by atoms with Gasteiger partial charge in [0.25, 0.3) is 0 Å². The van der Waals surface area contributed by atoms with Gasteiger partial charge < -0.3 is 10.1 Å². The molecule has 1 aliphatic carbocycles. The van der Waals surface area contributed by atoms with Crippen molar-refractivity contribution in [2.45, 2.75) is 19.8 Å². The summed E-state index contributed by atoms with van der Waals surface area (Å²) in [6, 6.07) is 3.59. The Balaban J connectivity index is 2.08. The van der Waals surface area contributed by atoms with Gasteiger partial charge in [-0.3, -0.25) is 4.79 Å². The van der Waals surface area contributed by atoms with Crippen LogP contribution in [0.15, 0.2) is 18.3 Å². The van der Waals surface area contributed by atoms with Crippen LogP contribution in [0.2, 0.25) is 0 Å². The van der Waals surface area contributed by atoms with Gasteiger partial charge in [-0.1, -0.05) is 0 Å². The first-order chi connectivity index (χ1) is 7.31. The Labute approximate surface area is 88.7 Å². The van der Waals surface area contributed by atoms with E-state index < -0.39 is 0 Å². The first kappa shape index (κ1) is 9.96. The molecular weight excluding hydrogens is 192 g/mol. The maximum Gasteiger partial charge on any atom is 0.237 e. The van der Waals surface area contributed by atoms with E-state index >= 15 is 0 Å². The summed E-state index contributed by atoms with van der Waals surface area (Å²) in [5.74, 6) is 0.762. The van der Waals surface area contributed by atoms with Gasteiger partial charge in [-0.15, -0.1) is 0 Å². The highest BCUT2D eigenvalue weighted by Crippen LogP contribution is 2.31. The number of hydrogen-bond acceptors (Lipinski definition) is 3. The van der Waals surface area contributed by atoms with E-state index in [2.05, 4.69) is 10.3 Å². The zero-order valence-corrected chi connectivity index (χ0v) is 8.69. The molecule has 4 nitrogen and oxygen atoms in total. The minimum absolute atomic E-state index is 0.0731. The highest BCUT2D eigenvalue weighted by atomic mass is 16.5. The number of ether oxygens (including phenoxy) is 1. The summed E-state index contributed by atoms with van der Waals surface area (Å²) in [6.45, 7) is 2.44. The van der Waals surface area contributed by atoms with Crippen LogP contribution in [0.1, 0.15) is 19.8 Å². The Morgan fingerprint density at radius 2 is 2.47 bits per heavy atom. The average molecular weight is 206 g/mol. The van der Waals surface area contributed by atoms with Crippen LogP contribution in [0.25, 0.3) is 0 Å². The molecule has 1 aromatic rings. The van der Waals surface area contributed by atoms with E-state index in [4.69, 9.17) is 4.74 Å². The summed E-state index contributed by atoms with van der Waals surface area (Å²) in [6.07, 6.45) is 3.64. The smallest absolute Gasteiger partial charge is 0.237 e. The van der Waals surface area contributed by atoms with Crippen molar-refractivity contribution in [3.63, 3.8) is 0 Å². The van der Waals surface area contributed by atoms with Gasteiger partial charge in [0.15, 0.2) is 0 Å². The molecule has 1 aromatic heterocycles. The minimum atomic E-state index is 0.0731. The maximum atomic E-state index is 11.5. The Morgan fingerprint density at radius 1 is 1.67 bits per heavy atom. The fraction of sp³-hybridized carbons (Fsp3) is 0.455. The van der Waals surface area contributed by atoms with E-state index in [0.29, 0.717) is 18.2 Å². The number of carbonyl (C=O) groups is 1. The number of pyridine rings is 1. The molecule has 1 amide bonds. The standard InChI is InChI=1S/C11H14N2O2/c1-2-15-11-9(4-3-7-12-11)13-10(14)8-5-6-8/h3-4,7-8H,2,5-6H2,1H3,(H,13,14). The quantitative estimate of drug-likeness (QED) is 0.817. The van der Waals surface area contributed by atoms with E-state index in [9.17, 15) is 4.79 Å². The summed E-state index contributed by atoms with van der Waals surface area (Å²) < 4.78 is 5.31. The molecule has 0 aromatic carbocycles. The summed E-state index contributed by atoms with van der Waals surface area (Å²) in [4.78, 5) is 15.6. The van der Waals surface area contributed by atoms with Crippen LogP contribution in [0.3, 0.4) is 0 Å². The van der Waals surface area contributed by atoms with E-state index in [1.54, 1.807) is 18.3 Å². The first-order valence-electron chi connectivity index (χ1n) is 5.20. The van der Waals surface area contributed by atoms with Crippen molar-refractivity contribution < 1.29 is 9.53 Å². The summed E-state index contributed by atoms with van der Waals surface area (Å²) >= 11 is 0. The van der Waals surface area contributed by atoms with E-state index in [-0.39, 0.29) is 11.8 Å².